The molecule has 94 valence electrons. The molecule has 0 heterocycles. The van der Waals surface area contributed by atoms with Gasteiger partial charge < -0.3 is 15.4 Å². The Morgan fingerprint density at radius 1 is 1.35 bits per heavy atom. The Balaban J connectivity index is 1.89. The van der Waals surface area contributed by atoms with Crippen LogP contribution in [0.2, 0.25) is 0 Å². The minimum Gasteiger partial charge on any atom is -0.486 e. The van der Waals surface area contributed by atoms with Gasteiger partial charge in [-0.1, -0.05) is 0 Å². The molecular formula is C12H16F2N2O. The van der Waals surface area contributed by atoms with Crippen LogP contribution in [0.4, 0.5) is 14.5 Å². The molecule has 3 nitrogen and oxygen atoms in total. The molecule has 1 aliphatic rings. The number of anilines is 1. The van der Waals surface area contributed by atoms with Crippen molar-refractivity contribution in [3.8, 4) is 5.75 Å². The summed E-state index contributed by atoms with van der Waals surface area (Å²) >= 11 is 0. The summed E-state index contributed by atoms with van der Waals surface area (Å²) in [5.41, 5.74) is 5.37. The van der Waals surface area contributed by atoms with Crippen molar-refractivity contribution < 1.29 is 13.5 Å². The van der Waals surface area contributed by atoms with E-state index in [-0.39, 0.29) is 18.0 Å². The highest BCUT2D eigenvalue weighted by Gasteiger charge is 2.25. The third kappa shape index (κ3) is 3.06. The molecule has 1 aliphatic carbocycles. The van der Waals surface area contributed by atoms with Gasteiger partial charge in [0.1, 0.15) is 6.61 Å². The highest BCUT2D eigenvalue weighted by atomic mass is 19.1. The lowest BCUT2D eigenvalue weighted by molar-refractivity contribution is 0.219. The third-order valence-corrected chi connectivity index (χ3v) is 2.88. The molecule has 0 unspecified atom stereocenters. The summed E-state index contributed by atoms with van der Waals surface area (Å²) in [6, 6.07) is 2.73. The van der Waals surface area contributed by atoms with Crippen LogP contribution in [0.5, 0.6) is 5.75 Å². The monoisotopic (exact) mass is 242 g/mol. The number of nitrogen functional groups attached to an aromatic ring is 1. The highest BCUT2D eigenvalue weighted by Crippen LogP contribution is 2.26. The van der Waals surface area contributed by atoms with Crippen LogP contribution in [-0.2, 0) is 0 Å². The van der Waals surface area contributed by atoms with E-state index in [0.29, 0.717) is 12.6 Å². The summed E-state index contributed by atoms with van der Waals surface area (Å²) in [5.74, 6) is -1.85. The summed E-state index contributed by atoms with van der Waals surface area (Å²) in [5, 5.41) is 0. The first-order chi connectivity index (χ1) is 8.08. The van der Waals surface area contributed by atoms with Crippen LogP contribution in [-0.4, -0.2) is 31.1 Å². The Morgan fingerprint density at radius 3 is 2.47 bits per heavy atom. The predicted octanol–water partition coefficient (Wildman–Crippen LogP) is 2.02. The number of ether oxygens (including phenoxy) is 1. The smallest absolute Gasteiger partial charge is 0.190 e. The van der Waals surface area contributed by atoms with E-state index in [4.69, 9.17) is 10.5 Å². The average Bonchev–Trinajstić information content (AvgIpc) is 3.04. The van der Waals surface area contributed by atoms with Gasteiger partial charge in [0, 0.05) is 30.4 Å². The van der Waals surface area contributed by atoms with Gasteiger partial charge in [0.25, 0.3) is 0 Å². The zero-order chi connectivity index (χ0) is 12.4. The van der Waals surface area contributed by atoms with Crippen LogP contribution in [0.3, 0.4) is 0 Å². The lowest BCUT2D eigenvalue weighted by atomic mass is 10.3. The van der Waals surface area contributed by atoms with E-state index in [0.717, 1.165) is 12.1 Å². The van der Waals surface area contributed by atoms with E-state index >= 15 is 0 Å². The first kappa shape index (κ1) is 12.1. The van der Waals surface area contributed by atoms with Crippen LogP contribution in [0.1, 0.15) is 12.8 Å². The normalized spacial score (nSPS) is 15.3. The predicted molar refractivity (Wildman–Crippen MR) is 61.9 cm³/mol. The Hall–Kier alpha value is -1.36. The molecule has 1 saturated carbocycles. The molecule has 5 heteroatoms. The van der Waals surface area contributed by atoms with Crippen LogP contribution < -0.4 is 10.5 Å². The standard InChI is InChI=1S/C12H16F2N2O/c1-16(9-2-3-9)4-5-17-12-10(13)6-8(15)7-11(12)14/h6-7,9H,2-5,15H2,1H3. The van der Waals surface area contributed by atoms with Crippen molar-refractivity contribution in [3.05, 3.63) is 23.8 Å². The fourth-order valence-corrected chi connectivity index (χ4v) is 1.71. The topological polar surface area (TPSA) is 38.5 Å². The molecule has 17 heavy (non-hydrogen) atoms. The van der Waals surface area contributed by atoms with Gasteiger partial charge in [0.05, 0.1) is 0 Å². The molecule has 2 rings (SSSR count). The van der Waals surface area contributed by atoms with Crippen molar-refractivity contribution in [1.29, 1.82) is 0 Å². The Morgan fingerprint density at radius 2 is 1.94 bits per heavy atom. The van der Waals surface area contributed by atoms with Gasteiger partial charge in [-0.3, -0.25) is 0 Å². The van der Waals surface area contributed by atoms with Gasteiger partial charge in [-0.25, -0.2) is 8.78 Å². The molecule has 1 fully saturated rings. The molecule has 1 aromatic rings. The Labute approximate surface area is 99.2 Å². The molecular weight excluding hydrogens is 226 g/mol. The van der Waals surface area contributed by atoms with Gasteiger partial charge >= 0.3 is 0 Å². The Kier molecular flexibility index (Phi) is 3.47. The van der Waals surface area contributed by atoms with Gasteiger partial charge in [-0.15, -0.1) is 0 Å². The molecule has 1 aromatic carbocycles. The maximum Gasteiger partial charge on any atom is 0.190 e. The quantitative estimate of drug-likeness (QED) is 0.803. The van der Waals surface area contributed by atoms with E-state index in [9.17, 15) is 8.78 Å². The molecule has 2 N–H and O–H groups in total. The molecule has 0 saturated heterocycles. The summed E-state index contributed by atoms with van der Waals surface area (Å²) < 4.78 is 31.8. The lowest BCUT2D eigenvalue weighted by Gasteiger charge is -2.16. The number of hydrogen-bond donors (Lipinski definition) is 1. The maximum atomic E-state index is 13.3. The number of nitrogens with two attached hydrogens (primary N) is 1. The summed E-state index contributed by atoms with van der Waals surface area (Å²) in [7, 11) is 1.98. The minimum absolute atomic E-state index is 0.0578. The first-order valence-electron chi connectivity index (χ1n) is 5.65. The second-order valence-corrected chi connectivity index (χ2v) is 4.37. The molecule has 0 spiro atoms. The van der Waals surface area contributed by atoms with Crippen molar-refractivity contribution in [1.82, 2.24) is 4.90 Å². The minimum atomic E-state index is -0.753. The first-order valence-corrected chi connectivity index (χ1v) is 5.65. The molecule has 0 bridgehead atoms. The summed E-state index contributed by atoms with van der Waals surface area (Å²) in [6.07, 6.45) is 2.39. The largest absolute Gasteiger partial charge is 0.486 e. The molecule has 0 aliphatic heterocycles. The van der Waals surface area contributed by atoms with Crippen molar-refractivity contribution >= 4 is 5.69 Å². The highest BCUT2D eigenvalue weighted by molar-refractivity contribution is 5.44. The molecule has 0 amide bonds. The number of rotatable bonds is 5. The summed E-state index contributed by atoms with van der Waals surface area (Å²) in [6.45, 7) is 0.929. The fourth-order valence-electron chi connectivity index (χ4n) is 1.71. The Bertz CT molecular complexity index is 384. The number of halogens is 2. The van der Waals surface area contributed by atoms with Gasteiger partial charge in [0.2, 0.25) is 0 Å². The van der Waals surface area contributed by atoms with E-state index in [2.05, 4.69) is 4.90 Å². The van der Waals surface area contributed by atoms with Crippen LogP contribution in [0, 0.1) is 11.6 Å². The van der Waals surface area contributed by atoms with E-state index in [1.807, 2.05) is 7.05 Å². The van der Waals surface area contributed by atoms with Crippen molar-refractivity contribution in [3.63, 3.8) is 0 Å². The zero-order valence-electron chi connectivity index (χ0n) is 9.75. The second kappa shape index (κ2) is 4.87. The van der Waals surface area contributed by atoms with Crippen LogP contribution in [0.25, 0.3) is 0 Å². The second-order valence-electron chi connectivity index (χ2n) is 4.37. The number of likely N-dealkylation sites (N-methyl/N-ethyl adjacent to an activating group) is 1. The molecule has 0 atom stereocenters. The van der Waals surface area contributed by atoms with E-state index < -0.39 is 11.6 Å². The van der Waals surface area contributed by atoms with Gasteiger partial charge in [-0.05, 0) is 19.9 Å². The van der Waals surface area contributed by atoms with Crippen molar-refractivity contribution in [2.75, 3.05) is 25.9 Å². The lowest BCUT2D eigenvalue weighted by Crippen LogP contribution is -2.26. The number of hydrogen-bond acceptors (Lipinski definition) is 3. The van der Waals surface area contributed by atoms with Crippen molar-refractivity contribution in [2.45, 2.75) is 18.9 Å². The number of benzene rings is 1. The van der Waals surface area contributed by atoms with Crippen molar-refractivity contribution in [2.24, 2.45) is 0 Å². The molecule has 0 radical (unpaired) electrons. The van der Waals surface area contributed by atoms with Crippen LogP contribution >= 0.6 is 0 Å². The SMILES string of the molecule is CN(CCOc1c(F)cc(N)cc1F)C1CC1. The average molecular weight is 242 g/mol. The zero-order valence-corrected chi connectivity index (χ0v) is 9.75. The van der Waals surface area contributed by atoms with E-state index in [1.165, 1.54) is 12.8 Å². The third-order valence-electron chi connectivity index (χ3n) is 2.88. The van der Waals surface area contributed by atoms with Crippen LogP contribution in [0.15, 0.2) is 12.1 Å². The fraction of sp³-hybridized carbons (Fsp3) is 0.500. The van der Waals surface area contributed by atoms with Gasteiger partial charge in [-0.2, -0.15) is 0 Å². The molecule has 0 aromatic heterocycles. The maximum absolute atomic E-state index is 13.3. The van der Waals surface area contributed by atoms with E-state index in [1.54, 1.807) is 0 Å². The number of nitrogens with zero attached hydrogens (tertiary/aromatic N) is 1. The summed E-state index contributed by atoms with van der Waals surface area (Å²) in [4.78, 5) is 2.13. The van der Waals surface area contributed by atoms with Gasteiger partial charge in [0.15, 0.2) is 17.4 Å².